The van der Waals surface area contributed by atoms with Gasteiger partial charge in [0, 0.05) is 11.8 Å². The Kier molecular flexibility index (Phi) is 9.51. The molecule has 0 saturated carbocycles. The largest absolute Gasteiger partial charge is 1.00 e. The summed E-state index contributed by atoms with van der Waals surface area (Å²) >= 11 is 0. The minimum absolute atomic E-state index is 0. The first-order valence-electron chi connectivity index (χ1n) is 9.22. The lowest BCUT2D eigenvalue weighted by atomic mass is 9.86. The highest BCUT2D eigenvalue weighted by atomic mass is 127. The van der Waals surface area contributed by atoms with Crippen LogP contribution in [-0.4, -0.2) is 31.2 Å². The third kappa shape index (κ3) is 6.60. The summed E-state index contributed by atoms with van der Waals surface area (Å²) < 4.78 is 1.37. The van der Waals surface area contributed by atoms with Crippen molar-refractivity contribution in [2.24, 2.45) is 11.8 Å². The smallest absolute Gasteiger partial charge is 0.0821 e. The summed E-state index contributed by atoms with van der Waals surface area (Å²) in [6.07, 6.45) is 19.2. The fraction of sp³-hybridized carbons (Fsp3) is 0.895. The number of halogens is 1. The molecule has 0 aromatic carbocycles. The fourth-order valence-corrected chi connectivity index (χ4v) is 4.39. The first-order valence-corrected chi connectivity index (χ1v) is 9.22. The quantitative estimate of drug-likeness (QED) is 0.239. The first-order chi connectivity index (χ1) is 9.73. The van der Waals surface area contributed by atoms with Crippen LogP contribution >= 0.6 is 0 Å². The fourth-order valence-electron chi connectivity index (χ4n) is 4.39. The molecule has 0 bridgehead atoms. The number of rotatable bonds is 9. The number of hydrogen-bond donors (Lipinski definition) is 0. The highest BCUT2D eigenvalue weighted by molar-refractivity contribution is 4.96. The zero-order valence-electron chi connectivity index (χ0n) is 14.3. The molecule has 1 nitrogen and oxygen atoms in total. The molecule has 1 aliphatic carbocycles. The van der Waals surface area contributed by atoms with Crippen LogP contribution in [0.3, 0.4) is 0 Å². The van der Waals surface area contributed by atoms with Crippen molar-refractivity contribution in [3.8, 4) is 0 Å². The Bertz CT molecular complexity index is 284. The molecule has 1 saturated heterocycles. The standard InChI is InChI=1S/C19H36N.HI/c1-3-4-5-6-7-8-9-12-15-20(2)16-18-13-10-11-14-19(18)17-20;/h10-11,18-19H,3-9,12-17H2,1-2H3;1H/q+1;/p-1. The van der Waals surface area contributed by atoms with Gasteiger partial charge in [-0.25, -0.2) is 0 Å². The first kappa shape index (κ1) is 19.5. The van der Waals surface area contributed by atoms with Gasteiger partial charge in [0.05, 0.1) is 26.7 Å². The van der Waals surface area contributed by atoms with E-state index in [2.05, 4.69) is 26.1 Å². The number of unbranched alkanes of at least 4 members (excludes halogenated alkanes) is 7. The van der Waals surface area contributed by atoms with E-state index in [1.807, 2.05) is 0 Å². The van der Waals surface area contributed by atoms with Gasteiger partial charge >= 0.3 is 0 Å². The van der Waals surface area contributed by atoms with Gasteiger partial charge in [-0.3, -0.25) is 0 Å². The van der Waals surface area contributed by atoms with Crippen molar-refractivity contribution in [3.05, 3.63) is 12.2 Å². The monoisotopic (exact) mass is 405 g/mol. The van der Waals surface area contributed by atoms with Gasteiger partial charge < -0.3 is 28.5 Å². The lowest BCUT2D eigenvalue weighted by molar-refractivity contribution is -0.900. The van der Waals surface area contributed by atoms with Crippen LogP contribution in [0.5, 0.6) is 0 Å². The summed E-state index contributed by atoms with van der Waals surface area (Å²) in [5, 5.41) is 0. The van der Waals surface area contributed by atoms with Crippen molar-refractivity contribution in [2.75, 3.05) is 26.7 Å². The van der Waals surface area contributed by atoms with Crippen molar-refractivity contribution < 1.29 is 28.5 Å². The lowest BCUT2D eigenvalue weighted by Crippen LogP contribution is -3.00. The van der Waals surface area contributed by atoms with E-state index in [0.29, 0.717) is 0 Å². The highest BCUT2D eigenvalue weighted by Crippen LogP contribution is 2.36. The summed E-state index contributed by atoms with van der Waals surface area (Å²) in [5.74, 6) is 2.00. The van der Waals surface area contributed by atoms with Crippen molar-refractivity contribution in [3.63, 3.8) is 0 Å². The van der Waals surface area contributed by atoms with E-state index >= 15 is 0 Å². The normalized spacial score (nSPS) is 31.0. The van der Waals surface area contributed by atoms with Crippen LogP contribution in [-0.2, 0) is 0 Å². The van der Waals surface area contributed by atoms with Crippen LogP contribution in [0, 0.1) is 11.8 Å². The molecule has 1 aliphatic heterocycles. The maximum absolute atomic E-state index is 2.51. The van der Waals surface area contributed by atoms with E-state index in [4.69, 9.17) is 0 Å². The number of allylic oxidation sites excluding steroid dienone is 2. The van der Waals surface area contributed by atoms with Crippen LogP contribution < -0.4 is 24.0 Å². The molecule has 0 N–H and O–H groups in total. The van der Waals surface area contributed by atoms with Gasteiger partial charge in [-0.15, -0.1) is 0 Å². The Morgan fingerprint density at radius 3 is 1.81 bits per heavy atom. The van der Waals surface area contributed by atoms with E-state index < -0.39 is 0 Å². The molecule has 1 fully saturated rings. The average Bonchev–Trinajstić information content (AvgIpc) is 2.78. The molecular formula is C19H36IN. The molecule has 21 heavy (non-hydrogen) atoms. The van der Waals surface area contributed by atoms with Gasteiger partial charge in [0.15, 0.2) is 0 Å². The Balaban J connectivity index is 0.00000220. The Morgan fingerprint density at radius 2 is 1.29 bits per heavy atom. The minimum atomic E-state index is 0. The molecule has 2 rings (SSSR count). The molecule has 124 valence electrons. The molecule has 1 heterocycles. The van der Waals surface area contributed by atoms with E-state index in [-0.39, 0.29) is 24.0 Å². The van der Waals surface area contributed by atoms with Crippen LogP contribution in [0.25, 0.3) is 0 Å². The van der Waals surface area contributed by atoms with Gasteiger partial charge in [-0.1, -0.05) is 57.6 Å². The van der Waals surface area contributed by atoms with Crippen LogP contribution in [0.1, 0.15) is 71.1 Å². The molecule has 2 heteroatoms. The molecule has 0 aromatic heterocycles. The molecular weight excluding hydrogens is 369 g/mol. The summed E-state index contributed by atoms with van der Waals surface area (Å²) in [6.45, 7) is 6.63. The lowest BCUT2D eigenvalue weighted by Gasteiger charge is -2.30. The number of fused-ring (bicyclic) bond motifs is 1. The van der Waals surface area contributed by atoms with Gasteiger partial charge in [0.25, 0.3) is 0 Å². The highest BCUT2D eigenvalue weighted by Gasteiger charge is 2.41. The van der Waals surface area contributed by atoms with E-state index in [9.17, 15) is 0 Å². The number of likely N-dealkylation sites (tertiary alicyclic amines) is 1. The number of nitrogens with zero attached hydrogens (tertiary/aromatic N) is 1. The SMILES string of the molecule is CCCCCCCCCC[N+]1(C)CC2CC=CCC2C1.[I-]. The van der Waals surface area contributed by atoms with Crippen LogP contribution in [0.4, 0.5) is 0 Å². The second kappa shape index (κ2) is 10.3. The second-order valence-electron chi connectivity index (χ2n) is 7.65. The van der Waals surface area contributed by atoms with Crippen LogP contribution in [0.15, 0.2) is 12.2 Å². The summed E-state index contributed by atoms with van der Waals surface area (Å²) in [5.41, 5.74) is 0. The second-order valence-corrected chi connectivity index (χ2v) is 7.65. The predicted molar refractivity (Wildman–Crippen MR) is 88.7 cm³/mol. The van der Waals surface area contributed by atoms with Gasteiger partial charge in [0.1, 0.15) is 0 Å². The van der Waals surface area contributed by atoms with Crippen LogP contribution in [0.2, 0.25) is 0 Å². The van der Waals surface area contributed by atoms with E-state index in [1.165, 1.54) is 88.3 Å². The van der Waals surface area contributed by atoms with Gasteiger partial charge in [-0.2, -0.15) is 0 Å². The van der Waals surface area contributed by atoms with Gasteiger partial charge in [0.2, 0.25) is 0 Å². The number of hydrogen-bond acceptors (Lipinski definition) is 0. The molecule has 2 aliphatic rings. The topological polar surface area (TPSA) is 0 Å². The predicted octanol–water partition coefficient (Wildman–Crippen LogP) is 2.17. The van der Waals surface area contributed by atoms with E-state index in [1.54, 1.807) is 0 Å². The van der Waals surface area contributed by atoms with Gasteiger partial charge in [-0.05, 0) is 25.7 Å². The Morgan fingerprint density at radius 1 is 0.810 bits per heavy atom. The van der Waals surface area contributed by atoms with Crippen molar-refractivity contribution in [1.82, 2.24) is 0 Å². The zero-order valence-corrected chi connectivity index (χ0v) is 16.5. The zero-order chi connectivity index (χ0) is 14.3. The molecule has 0 spiro atoms. The molecule has 0 amide bonds. The van der Waals surface area contributed by atoms with Crippen molar-refractivity contribution >= 4 is 0 Å². The Labute approximate surface area is 150 Å². The summed E-state index contributed by atoms with van der Waals surface area (Å²) in [7, 11) is 2.51. The molecule has 2 unspecified atom stereocenters. The Hall–Kier alpha value is 0.430. The molecule has 2 atom stereocenters. The van der Waals surface area contributed by atoms with E-state index in [0.717, 1.165) is 11.8 Å². The third-order valence-electron chi connectivity index (χ3n) is 5.61. The van der Waals surface area contributed by atoms with Crippen molar-refractivity contribution in [1.29, 1.82) is 0 Å². The average molecular weight is 405 g/mol. The molecule has 0 radical (unpaired) electrons. The third-order valence-corrected chi connectivity index (χ3v) is 5.61. The maximum Gasteiger partial charge on any atom is 0.0821 e. The summed E-state index contributed by atoms with van der Waals surface area (Å²) in [4.78, 5) is 0. The molecule has 0 aromatic rings. The minimum Gasteiger partial charge on any atom is -1.00 e. The summed E-state index contributed by atoms with van der Waals surface area (Å²) in [6, 6.07) is 0. The maximum atomic E-state index is 2.51. The van der Waals surface area contributed by atoms with Crippen molar-refractivity contribution in [2.45, 2.75) is 71.1 Å². The number of quaternary nitrogens is 1.